The van der Waals surface area contributed by atoms with Gasteiger partial charge in [0.25, 0.3) is 11.6 Å². The number of nitro benzene ring substituents is 1. The zero-order valence-electron chi connectivity index (χ0n) is 13.9. The summed E-state index contributed by atoms with van der Waals surface area (Å²) >= 11 is 1.06. The summed E-state index contributed by atoms with van der Waals surface area (Å²) in [5, 5.41) is 10.9. The summed E-state index contributed by atoms with van der Waals surface area (Å²) < 4.78 is 40.7. The number of fused-ring (bicyclic) bond motifs is 1. The molecular weight excluding hydrogens is 383 g/mol. The molecule has 0 aliphatic carbocycles. The van der Waals surface area contributed by atoms with E-state index >= 15 is 0 Å². The van der Waals surface area contributed by atoms with E-state index in [9.17, 15) is 28.1 Å². The van der Waals surface area contributed by atoms with Crippen molar-refractivity contribution in [3.63, 3.8) is 0 Å². The minimum absolute atomic E-state index is 0.0947. The highest BCUT2D eigenvalue weighted by Gasteiger charge is 2.30. The monoisotopic (exact) mass is 395 g/mol. The van der Waals surface area contributed by atoms with Crippen molar-refractivity contribution in [1.29, 1.82) is 0 Å². The number of non-ortho nitro benzene ring substituents is 1. The Labute approximate surface area is 154 Å². The maximum atomic E-state index is 12.8. The van der Waals surface area contributed by atoms with Crippen molar-refractivity contribution in [3.8, 4) is 0 Å². The average molecular weight is 395 g/mol. The van der Waals surface area contributed by atoms with Crippen LogP contribution >= 0.6 is 11.3 Å². The number of alkyl halides is 3. The number of aromatic nitrogens is 1. The maximum Gasteiger partial charge on any atom is 0.416 e. The molecule has 1 amide bonds. The van der Waals surface area contributed by atoms with Gasteiger partial charge in [0.15, 0.2) is 4.80 Å². The van der Waals surface area contributed by atoms with Crippen molar-refractivity contribution in [3.05, 3.63) is 68.5 Å². The van der Waals surface area contributed by atoms with Crippen molar-refractivity contribution >= 4 is 33.1 Å². The smallest absolute Gasteiger partial charge is 0.317 e. The fraction of sp³-hybridized carbons (Fsp3) is 0.176. The number of benzene rings is 2. The number of carbonyl (C=O) groups is 1. The second-order valence-corrected chi connectivity index (χ2v) is 6.54. The summed E-state index contributed by atoms with van der Waals surface area (Å²) in [4.78, 5) is 27.0. The van der Waals surface area contributed by atoms with Crippen LogP contribution in [-0.4, -0.2) is 15.4 Å². The van der Waals surface area contributed by atoms with E-state index in [-0.39, 0.29) is 16.1 Å². The number of aryl methyl sites for hydroxylation is 1. The van der Waals surface area contributed by atoms with Gasteiger partial charge in [-0.25, -0.2) is 0 Å². The van der Waals surface area contributed by atoms with E-state index in [1.165, 1.54) is 18.2 Å². The highest BCUT2D eigenvalue weighted by molar-refractivity contribution is 7.16. The normalized spacial score (nSPS) is 12.5. The molecule has 3 rings (SSSR count). The topological polar surface area (TPSA) is 77.5 Å². The fourth-order valence-electron chi connectivity index (χ4n) is 2.55. The summed E-state index contributed by atoms with van der Waals surface area (Å²) in [7, 11) is 0. The summed E-state index contributed by atoms with van der Waals surface area (Å²) in [6.07, 6.45) is -4.56. The van der Waals surface area contributed by atoms with Crippen LogP contribution in [0, 0.1) is 10.1 Å². The molecular formula is C17H12F3N3O3S. The largest absolute Gasteiger partial charge is 0.416 e. The molecule has 0 aliphatic heterocycles. The van der Waals surface area contributed by atoms with E-state index in [1.54, 1.807) is 17.6 Å². The lowest BCUT2D eigenvalue weighted by Gasteiger charge is -2.06. The van der Waals surface area contributed by atoms with Gasteiger partial charge in [0.2, 0.25) is 0 Å². The molecule has 27 heavy (non-hydrogen) atoms. The molecule has 0 saturated heterocycles. The summed E-state index contributed by atoms with van der Waals surface area (Å²) in [6, 6.07) is 8.31. The first-order valence-electron chi connectivity index (χ1n) is 7.75. The fourth-order valence-corrected chi connectivity index (χ4v) is 3.67. The molecule has 6 nitrogen and oxygen atoms in total. The number of hydrogen-bond donors (Lipinski definition) is 0. The van der Waals surface area contributed by atoms with Gasteiger partial charge in [-0.2, -0.15) is 18.2 Å². The lowest BCUT2D eigenvalue weighted by atomic mass is 10.1. The van der Waals surface area contributed by atoms with E-state index < -0.39 is 22.6 Å². The van der Waals surface area contributed by atoms with E-state index in [4.69, 9.17) is 0 Å². The van der Waals surface area contributed by atoms with Crippen LogP contribution in [-0.2, 0) is 12.7 Å². The number of thiazole rings is 1. The number of nitrogens with zero attached hydrogens (tertiary/aromatic N) is 3. The number of halogens is 3. The van der Waals surface area contributed by atoms with Crippen LogP contribution in [0.5, 0.6) is 0 Å². The molecule has 0 atom stereocenters. The van der Waals surface area contributed by atoms with E-state index in [2.05, 4.69) is 4.99 Å². The van der Waals surface area contributed by atoms with Crippen LogP contribution in [0.3, 0.4) is 0 Å². The third kappa shape index (κ3) is 3.75. The Bertz CT molecular complexity index is 1120. The van der Waals surface area contributed by atoms with Gasteiger partial charge < -0.3 is 4.57 Å². The molecule has 0 fully saturated rings. The summed E-state index contributed by atoms with van der Waals surface area (Å²) in [5.41, 5.74) is -0.554. The molecule has 0 radical (unpaired) electrons. The van der Waals surface area contributed by atoms with E-state index in [0.29, 0.717) is 16.8 Å². The second kappa shape index (κ2) is 6.95. The Morgan fingerprint density at radius 1 is 1.26 bits per heavy atom. The molecule has 0 aliphatic rings. The number of hydrogen-bond acceptors (Lipinski definition) is 4. The van der Waals surface area contributed by atoms with Crippen LogP contribution in [0.15, 0.2) is 47.5 Å². The zero-order chi connectivity index (χ0) is 19.8. The quantitative estimate of drug-likeness (QED) is 0.487. The van der Waals surface area contributed by atoms with Gasteiger partial charge in [0.05, 0.1) is 20.7 Å². The van der Waals surface area contributed by atoms with Crippen molar-refractivity contribution < 1.29 is 22.9 Å². The van der Waals surface area contributed by atoms with Gasteiger partial charge >= 0.3 is 6.18 Å². The number of rotatable bonds is 3. The van der Waals surface area contributed by atoms with Crippen molar-refractivity contribution in [2.75, 3.05) is 0 Å². The standard InChI is InChI=1S/C17H12F3N3O3S/c1-2-22-13-7-6-12(23(25)26)9-14(13)27-16(22)21-15(24)10-4-3-5-11(8-10)17(18,19)20/h3-9H,2H2,1H3. The summed E-state index contributed by atoms with van der Waals surface area (Å²) in [6.45, 7) is 2.24. The van der Waals surface area contributed by atoms with Gasteiger partial charge in [0.1, 0.15) is 0 Å². The first kappa shape index (κ1) is 18.8. The number of carbonyl (C=O) groups excluding carboxylic acids is 1. The highest BCUT2D eigenvalue weighted by Crippen LogP contribution is 2.29. The molecule has 10 heteroatoms. The van der Waals surface area contributed by atoms with Crippen LogP contribution in [0.2, 0.25) is 0 Å². The molecule has 0 spiro atoms. The molecule has 0 N–H and O–H groups in total. The first-order valence-corrected chi connectivity index (χ1v) is 8.56. The van der Waals surface area contributed by atoms with Crippen LogP contribution in [0.4, 0.5) is 18.9 Å². The molecule has 0 unspecified atom stereocenters. The summed E-state index contributed by atoms with van der Waals surface area (Å²) in [5.74, 6) is -0.815. The Kier molecular flexibility index (Phi) is 4.83. The third-order valence-corrected chi connectivity index (χ3v) is 4.87. The van der Waals surface area contributed by atoms with Gasteiger partial charge in [0, 0.05) is 24.2 Å². The Morgan fingerprint density at radius 3 is 2.63 bits per heavy atom. The molecule has 1 aromatic heterocycles. The van der Waals surface area contributed by atoms with Crippen LogP contribution < -0.4 is 4.80 Å². The van der Waals surface area contributed by atoms with Crippen LogP contribution in [0.25, 0.3) is 10.2 Å². The lowest BCUT2D eigenvalue weighted by Crippen LogP contribution is -2.16. The third-order valence-electron chi connectivity index (χ3n) is 3.83. The lowest BCUT2D eigenvalue weighted by molar-refractivity contribution is -0.384. The predicted molar refractivity (Wildman–Crippen MR) is 93.5 cm³/mol. The van der Waals surface area contributed by atoms with Gasteiger partial charge in [-0.3, -0.25) is 14.9 Å². The predicted octanol–water partition coefficient (Wildman–Crippen LogP) is 4.39. The SMILES string of the molecule is CCn1c(=NC(=O)c2cccc(C(F)(F)F)c2)sc2cc([N+](=O)[O-])ccc21. The average Bonchev–Trinajstić information content (AvgIpc) is 2.97. The van der Waals surface area contributed by atoms with Gasteiger partial charge in [-0.05, 0) is 31.2 Å². The van der Waals surface area contributed by atoms with Crippen molar-refractivity contribution in [1.82, 2.24) is 4.57 Å². The number of amides is 1. The molecule has 2 aromatic carbocycles. The second-order valence-electron chi connectivity index (χ2n) is 5.53. The Hall–Kier alpha value is -3.01. The molecule has 0 bridgehead atoms. The number of nitro groups is 1. The molecule has 1 heterocycles. The van der Waals surface area contributed by atoms with Gasteiger partial charge in [-0.15, -0.1) is 0 Å². The van der Waals surface area contributed by atoms with Crippen molar-refractivity contribution in [2.45, 2.75) is 19.6 Å². The highest BCUT2D eigenvalue weighted by atomic mass is 32.1. The Morgan fingerprint density at radius 2 is 2.00 bits per heavy atom. The Balaban J connectivity index is 2.10. The zero-order valence-corrected chi connectivity index (χ0v) is 14.7. The van der Waals surface area contributed by atoms with E-state index in [1.807, 2.05) is 0 Å². The molecule has 140 valence electrons. The van der Waals surface area contributed by atoms with Gasteiger partial charge in [-0.1, -0.05) is 17.4 Å². The molecule has 3 aromatic rings. The molecule has 0 saturated carbocycles. The minimum atomic E-state index is -4.56. The first-order chi connectivity index (χ1) is 12.7. The van der Waals surface area contributed by atoms with E-state index in [0.717, 1.165) is 29.5 Å². The minimum Gasteiger partial charge on any atom is -0.317 e. The van der Waals surface area contributed by atoms with Crippen LogP contribution in [0.1, 0.15) is 22.8 Å². The maximum absolute atomic E-state index is 12.8. The van der Waals surface area contributed by atoms with Crippen molar-refractivity contribution in [2.24, 2.45) is 4.99 Å².